The van der Waals surface area contributed by atoms with Gasteiger partial charge in [0.15, 0.2) is 6.10 Å². The van der Waals surface area contributed by atoms with E-state index in [0.29, 0.717) is 12.1 Å². The van der Waals surface area contributed by atoms with Crippen LogP contribution in [-0.2, 0) is 24.3 Å². The van der Waals surface area contributed by atoms with Crippen molar-refractivity contribution in [3.63, 3.8) is 0 Å². The lowest BCUT2D eigenvalue weighted by Crippen LogP contribution is -2.48. The number of aliphatic imine (C=N–C) groups is 1. The molecule has 2 aliphatic heterocycles. The summed E-state index contributed by atoms with van der Waals surface area (Å²) in [6.07, 6.45) is 2.97. The maximum Gasteiger partial charge on any atom is 0.331 e. The minimum Gasteiger partial charge on any atom is -0.451 e. The van der Waals surface area contributed by atoms with Gasteiger partial charge in [-0.2, -0.15) is 0 Å². The standard InChI is InChI=1S/C20H27N3O5S/c1-4-15-9-7-8-12-23(15)19(24)14(3)28-20(25)13(2)21-18-16-10-5-6-11-17(16)29(26,27)22-18/h5-6,10-11,13-15H,4,7-9,12H2,1-3H3,(H,21,22)/t13-,14?,15?/m0/s1. The first-order valence-corrected chi connectivity index (χ1v) is 11.4. The van der Waals surface area contributed by atoms with Crippen molar-refractivity contribution < 1.29 is 22.7 Å². The SMILES string of the molecule is CCC1CCCCN1C(=O)C(C)OC(=O)[C@H](C)N=C1NS(=O)(=O)c2ccccc21. The topological polar surface area (TPSA) is 105 Å². The van der Waals surface area contributed by atoms with Crippen molar-refractivity contribution in [3.8, 4) is 0 Å². The number of likely N-dealkylation sites (tertiary alicyclic amines) is 1. The highest BCUT2D eigenvalue weighted by atomic mass is 32.2. The molecule has 8 nitrogen and oxygen atoms in total. The first kappa shape index (κ1) is 21.3. The van der Waals surface area contributed by atoms with E-state index >= 15 is 0 Å². The van der Waals surface area contributed by atoms with Crippen LogP contribution in [0.3, 0.4) is 0 Å². The highest BCUT2D eigenvalue weighted by Gasteiger charge is 2.33. The molecule has 2 aliphatic rings. The number of rotatable bonds is 5. The summed E-state index contributed by atoms with van der Waals surface area (Å²) in [6.45, 7) is 5.80. The average Bonchev–Trinajstić information content (AvgIpc) is 2.97. The Morgan fingerprint density at radius 2 is 2.00 bits per heavy atom. The number of amidine groups is 1. The molecule has 1 saturated heterocycles. The van der Waals surface area contributed by atoms with Gasteiger partial charge in [-0.1, -0.05) is 19.1 Å². The van der Waals surface area contributed by atoms with Crippen LogP contribution >= 0.6 is 0 Å². The van der Waals surface area contributed by atoms with Crippen LogP contribution < -0.4 is 4.72 Å². The first-order valence-electron chi connectivity index (χ1n) is 9.95. The quantitative estimate of drug-likeness (QED) is 0.731. The van der Waals surface area contributed by atoms with E-state index in [2.05, 4.69) is 9.71 Å². The van der Waals surface area contributed by atoms with Crippen molar-refractivity contribution in [2.45, 2.75) is 69.5 Å². The lowest BCUT2D eigenvalue weighted by atomic mass is 9.99. The van der Waals surface area contributed by atoms with Gasteiger partial charge in [-0.15, -0.1) is 0 Å². The number of amides is 1. The Kier molecular flexibility index (Phi) is 6.26. The normalized spacial score (nSPS) is 23.8. The van der Waals surface area contributed by atoms with E-state index < -0.39 is 28.1 Å². The van der Waals surface area contributed by atoms with Gasteiger partial charge in [-0.05, 0) is 51.7 Å². The van der Waals surface area contributed by atoms with Gasteiger partial charge in [0.1, 0.15) is 11.9 Å². The summed E-state index contributed by atoms with van der Waals surface area (Å²) < 4.78 is 32.0. The number of benzene rings is 1. The highest BCUT2D eigenvalue weighted by molar-refractivity contribution is 7.90. The number of carbonyl (C=O) groups is 2. The Balaban J connectivity index is 1.68. The Hall–Kier alpha value is -2.42. The summed E-state index contributed by atoms with van der Waals surface area (Å²) in [5.74, 6) is -0.769. The molecule has 0 spiro atoms. The minimum atomic E-state index is -3.68. The molecule has 1 N–H and O–H groups in total. The molecule has 2 heterocycles. The molecule has 3 rings (SSSR count). The van der Waals surface area contributed by atoms with Crippen LogP contribution in [0.25, 0.3) is 0 Å². The van der Waals surface area contributed by atoms with Crippen molar-refractivity contribution in [1.82, 2.24) is 9.62 Å². The maximum atomic E-state index is 12.7. The van der Waals surface area contributed by atoms with Crippen LogP contribution in [0.1, 0.15) is 52.0 Å². The second-order valence-electron chi connectivity index (χ2n) is 7.42. The van der Waals surface area contributed by atoms with Gasteiger partial charge >= 0.3 is 5.97 Å². The molecular weight excluding hydrogens is 394 g/mol. The zero-order valence-corrected chi connectivity index (χ0v) is 17.7. The number of nitrogens with one attached hydrogen (secondary N) is 1. The summed E-state index contributed by atoms with van der Waals surface area (Å²) in [7, 11) is -3.68. The Morgan fingerprint density at radius 1 is 1.28 bits per heavy atom. The predicted molar refractivity (Wildman–Crippen MR) is 108 cm³/mol. The predicted octanol–water partition coefficient (Wildman–Crippen LogP) is 1.84. The number of sulfonamides is 1. The lowest BCUT2D eigenvalue weighted by Gasteiger charge is -2.36. The number of fused-ring (bicyclic) bond motifs is 1. The largest absolute Gasteiger partial charge is 0.451 e. The summed E-state index contributed by atoms with van der Waals surface area (Å²) in [6, 6.07) is 5.64. The van der Waals surface area contributed by atoms with Gasteiger partial charge in [0, 0.05) is 18.2 Å². The van der Waals surface area contributed by atoms with Gasteiger partial charge in [0.25, 0.3) is 15.9 Å². The molecule has 0 aliphatic carbocycles. The minimum absolute atomic E-state index is 0.103. The molecule has 1 fully saturated rings. The van der Waals surface area contributed by atoms with Crippen molar-refractivity contribution in [2.24, 2.45) is 4.99 Å². The fourth-order valence-electron chi connectivity index (χ4n) is 3.75. The third-order valence-electron chi connectivity index (χ3n) is 5.35. The molecule has 0 radical (unpaired) electrons. The molecule has 1 aromatic rings. The number of carbonyl (C=O) groups excluding carboxylic acids is 2. The number of ether oxygens (including phenoxy) is 1. The third-order valence-corrected chi connectivity index (χ3v) is 6.75. The van der Waals surface area contributed by atoms with Crippen LogP contribution in [0.5, 0.6) is 0 Å². The summed E-state index contributed by atoms with van der Waals surface area (Å²) >= 11 is 0. The number of esters is 1. The highest BCUT2D eigenvalue weighted by Crippen LogP contribution is 2.23. The van der Waals surface area contributed by atoms with Gasteiger partial charge in [0.2, 0.25) is 0 Å². The molecule has 1 amide bonds. The first-order chi connectivity index (χ1) is 13.7. The van der Waals surface area contributed by atoms with E-state index in [4.69, 9.17) is 4.74 Å². The summed E-state index contributed by atoms with van der Waals surface area (Å²) in [5.41, 5.74) is 0.412. The maximum absolute atomic E-state index is 12.7. The van der Waals surface area contributed by atoms with Crippen LogP contribution in [0, 0.1) is 0 Å². The van der Waals surface area contributed by atoms with Gasteiger partial charge < -0.3 is 9.64 Å². The van der Waals surface area contributed by atoms with E-state index in [-0.39, 0.29) is 22.7 Å². The van der Waals surface area contributed by atoms with E-state index in [1.807, 2.05) is 6.92 Å². The van der Waals surface area contributed by atoms with E-state index in [9.17, 15) is 18.0 Å². The molecular formula is C20H27N3O5S. The average molecular weight is 422 g/mol. The van der Waals surface area contributed by atoms with Crippen LogP contribution in [0.4, 0.5) is 0 Å². The summed E-state index contributed by atoms with van der Waals surface area (Å²) in [5, 5.41) is 0. The zero-order valence-electron chi connectivity index (χ0n) is 16.9. The molecule has 0 bridgehead atoms. The van der Waals surface area contributed by atoms with Gasteiger partial charge in [-0.3, -0.25) is 14.5 Å². The van der Waals surface area contributed by atoms with E-state index in [0.717, 1.165) is 25.7 Å². The second kappa shape index (κ2) is 8.52. The van der Waals surface area contributed by atoms with Crippen LogP contribution in [0.15, 0.2) is 34.2 Å². The van der Waals surface area contributed by atoms with Crippen LogP contribution in [-0.4, -0.2) is 55.8 Å². The zero-order chi connectivity index (χ0) is 21.2. The monoisotopic (exact) mass is 421 g/mol. The summed E-state index contributed by atoms with van der Waals surface area (Å²) in [4.78, 5) is 31.3. The second-order valence-corrected chi connectivity index (χ2v) is 9.07. The molecule has 1 aromatic carbocycles. The molecule has 0 saturated carbocycles. The van der Waals surface area contributed by atoms with E-state index in [1.165, 1.54) is 13.0 Å². The number of hydrogen-bond acceptors (Lipinski definition) is 6. The molecule has 29 heavy (non-hydrogen) atoms. The molecule has 2 unspecified atom stereocenters. The van der Waals surface area contributed by atoms with Crippen molar-refractivity contribution >= 4 is 27.7 Å². The fourth-order valence-corrected chi connectivity index (χ4v) is 4.99. The number of piperidine rings is 1. The Labute approximate surface area is 171 Å². The van der Waals surface area contributed by atoms with E-state index in [1.54, 1.807) is 30.0 Å². The van der Waals surface area contributed by atoms with Crippen molar-refractivity contribution in [3.05, 3.63) is 29.8 Å². The fraction of sp³-hybridized carbons (Fsp3) is 0.550. The number of hydrogen-bond donors (Lipinski definition) is 1. The van der Waals surface area contributed by atoms with Crippen molar-refractivity contribution in [2.75, 3.05) is 6.54 Å². The molecule has 9 heteroatoms. The molecule has 158 valence electrons. The third kappa shape index (κ3) is 4.44. The Bertz CT molecular complexity index is 928. The van der Waals surface area contributed by atoms with Gasteiger partial charge in [0.05, 0.1) is 4.90 Å². The van der Waals surface area contributed by atoms with Crippen molar-refractivity contribution in [1.29, 1.82) is 0 Å². The molecule has 0 aromatic heterocycles. The lowest BCUT2D eigenvalue weighted by molar-refractivity contribution is -0.161. The smallest absolute Gasteiger partial charge is 0.331 e. The molecule has 3 atom stereocenters. The number of nitrogens with zero attached hydrogens (tertiary/aromatic N) is 2. The van der Waals surface area contributed by atoms with Gasteiger partial charge in [-0.25, -0.2) is 13.2 Å². The van der Waals surface area contributed by atoms with Crippen LogP contribution in [0.2, 0.25) is 0 Å². The Morgan fingerprint density at radius 3 is 2.72 bits per heavy atom.